The molecule has 10 heteroatoms. The molecule has 1 amide bonds. The topological polar surface area (TPSA) is 85.8 Å². The lowest BCUT2D eigenvalue weighted by molar-refractivity contribution is 0.0942. The van der Waals surface area contributed by atoms with E-state index in [2.05, 4.69) is 15.4 Å². The highest BCUT2D eigenvalue weighted by Crippen LogP contribution is 2.34. The predicted octanol–water partition coefficient (Wildman–Crippen LogP) is 2.78. The van der Waals surface area contributed by atoms with E-state index in [0.29, 0.717) is 26.2 Å². The van der Waals surface area contributed by atoms with Gasteiger partial charge in [-0.3, -0.25) is 4.79 Å². The molecule has 0 unspecified atom stereocenters. The minimum absolute atomic E-state index is 0.139. The molecule has 0 aliphatic carbocycles. The second-order valence-electron chi connectivity index (χ2n) is 5.86. The molecule has 3 aromatic rings. The van der Waals surface area contributed by atoms with E-state index >= 15 is 0 Å². The van der Waals surface area contributed by atoms with E-state index in [4.69, 9.17) is 17.3 Å². The molecule has 3 rings (SSSR count). The monoisotopic (exact) mass is 411 g/mol. The van der Waals surface area contributed by atoms with Crippen LogP contribution in [0.25, 0.3) is 11.4 Å². The van der Waals surface area contributed by atoms with Crippen LogP contribution in [0.4, 0.5) is 8.78 Å². The summed E-state index contributed by atoms with van der Waals surface area (Å²) in [5.41, 5.74) is 6.86. The maximum Gasteiger partial charge on any atom is 0.261 e. The van der Waals surface area contributed by atoms with Crippen LogP contribution in [0.3, 0.4) is 0 Å². The Morgan fingerprint density at radius 2 is 2.15 bits per heavy atom. The standard InChI is InChI=1S/C17H16ClF2N5OS/c1-25-16(22-8-23-25)11-6-14(27-15(11)18)17(26)24-10(7-21)4-9-2-3-12(19)13(20)5-9/h2-3,5-6,8,10H,4,7,21H2,1H3,(H,24,26)/t10-/m0/s1. The van der Waals surface area contributed by atoms with Crippen LogP contribution >= 0.6 is 22.9 Å². The Morgan fingerprint density at radius 3 is 2.78 bits per heavy atom. The summed E-state index contributed by atoms with van der Waals surface area (Å²) in [5.74, 6) is -1.66. The lowest BCUT2D eigenvalue weighted by Crippen LogP contribution is -2.41. The van der Waals surface area contributed by atoms with Crippen molar-refractivity contribution in [2.24, 2.45) is 12.8 Å². The molecule has 1 atom stereocenters. The van der Waals surface area contributed by atoms with E-state index in [1.807, 2.05) is 0 Å². The highest BCUT2D eigenvalue weighted by molar-refractivity contribution is 7.18. The molecule has 1 aromatic carbocycles. The number of carbonyl (C=O) groups is 1. The second kappa shape index (κ2) is 8.12. The Morgan fingerprint density at radius 1 is 1.37 bits per heavy atom. The van der Waals surface area contributed by atoms with E-state index in [9.17, 15) is 13.6 Å². The number of thiophene rings is 1. The van der Waals surface area contributed by atoms with E-state index in [1.54, 1.807) is 17.8 Å². The summed E-state index contributed by atoms with van der Waals surface area (Å²) in [7, 11) is 1.72. The minimum Gasteiger partial charge on any atom is -0.347 e. The van der Waals surface area contributed by atoms with Gasteiger partial charge in [-0.15, -0.1) is 11.3 Å². The van der Waals surface area contributed by atoms with Gasteiger partial charge < -0.3 is 11.1 Å². The maximum absolute atomic E-state index is 13.4. The number of aromatic nitrogens is 3. The number of benzene rings is 1. The van der Waals surface area contributed by atoms with E-state index in [1.165, 1.54) is 12.4 Å². The van der Waals surface area contributed by atoms with Crippen molar-refractivity contribution in [1.29, 1.82) is 0 Å². The van der Waals surface area contributed by atoms with Crippen molar-refractivity contribution < 1.29 is 13.6 Å². The summed E-state index contributed by atoms with van der Waals surface area (Å²) in [6, 6.07) is 4.80. The number of halogens is 3. The molecule has 0 aliphatic heterocycles. The molecule has 0 saturated carbocycles. The molecule has 0 spiro atoms. The fraction of sp³-hybridized carbons (Fsp3) is 0.235. The Balaban J connectivity index is 1.73. The van der Waals surface area contributed by atoms with Gasteiger partial charge in [0.05, 0.1) is 4.88 Å². The summed E-state index contributed by atoms with van der Waals surface area (Å²) in [6.07, 6.45) is 1.67. The summed E-state index contributed by atoms with van der Waals surface area (Å²) in [4.78, 5) is 17.1. The molecule has 2 heterocycles. The fourth-order valence-electron chi connectivity index (χ4n) is 2.57. The van der Waals surface area contributed by atoms with Gasteiger partial charge >= 0.3 is 0 Å². The summed E-state index contributed by atoms with van der Waals surface area (Å²) < 4.78 is 28.4. The molecule has 2 aromatic heterocycles. The molecule has 142 valence electrons. The number of carbonyl (C=O) groups excluding carboxylic acids is 1. The van der Waals surface area contributed by atoms with Crippen LogP contribution in [-0.4, -0.2) is 33.3 Å². The highest BCUT2D eigenvalue weighted by Gasteiger charge is 2.20. The van der Waals surface area contributed by atoms with Crippen LogP contribution in [0.2, 0.25) is 4.34 Å². The van der Waals surface area contributed by atoms with Gasteiger partial charge in [-0.25, -0.2) is 18.4 Å². The Labute approximate surface area is 163 Å². The van der Waals surface area contributed by atoms with Gasteiger partial charge in [0, 0.05) is 25.2 Å². The van der Waals surface area contributed by atoms with Crippen LogP contribution in [0.15, 0.2) is 30.6 Å². The summed E-state index contributed by atoms with van der Waals surface area (Å²) in [5, 5.41) is 6.78. The van der Waals surface area contributed by atoms with Gasteiger partial charge in [-0.05, 0) is 30.2 Å². The first-order chi connectivity index (χ1) is 12.9. The number of rotatable bonds is 6. The molecule has 0 bridgehead atoms. The van der Waals surface area contributed by atoms with Crippen LogP contribution in [0.5, 0.6) is 0 Å². The molecule has 0 saturated heterocycles. The third-order valence-electron chi connectivity index (χ3n) is 3.95. The van der Waals surface area contributed by atoms with Gasteiger partial charge in [-0.2, -0.15) is 5.10 Å². The SMILES string of the molecule is Cn1ncnc1-c1cc(C(=O)N[C@H](CN)Cc2ccc(F)c(F)c2)sc1Cl. The van der Waals surface area contributed by atoms with Crippen LogP contribution in [0, 0.1) is 11.6 Å². The zero-order valence-electron chi connectivity index (χ0n) is 14.2. The average Bonchev–Trinajstić information content (AvgIpc) is 3.22. The number of hydrogen-bond acceptors (Lipinski definition) is 5. The van der Waals surface area contributed by atoms with Gasteiger partial charge in [0.25, 0.3) is 5.91 Å². The largest absolute Gasteiger partial charge is 0.347 e. The molecular weight excluding hydrogens is 396 g/mol. The summed E-state index contributed by atoms with van der Waals surface area (Å²) in [6.45, 7) is 0.139. The minimum atomic E-state index is -0.937. The van der Waals surface area contributed by atoms with Crippen molar-refractivity contribution >= 4 is 28.8 Å². The first-order valence-electron chi connectivity index (χ1n) is 7.97. The smallest absolute Gasteiger partial charge is 0.261 e. The normalized spacial score (nSPS) is 12.2. The third-order valence-corrected chi connectivity index (χ3v) is 5.31. The fourth-order valence-corrected chi connectivity index (χ4v) is 3.74. The number of nitrogens with zero attached hydrogens (tertiary/aromatic N) is 3. The number of hydrogen-bond donors (Lipinski definition) is 2. The quantitative estimate of drug-likeness (QED) is 0.653. The lowest BCUT2D eigenvalue weighted by atomic mass is 10.1. The first-order valence-corrected chi connectivity index (χ1v) is 9.17. The van der Waals surface area contributed by atoms with Crippen molar-refractivity contribution in [3.8, 4) is 11.4 Å². The molecule has 6 nitrogen and oxygen atoms in total. The van der Waals surface area contributed by atoms with Crippen LogP contribution in [0.1, 0.15) is 15.2 Å². The molecular formula is C17H16ClF2N5OS. The van der Waals surface area contributed by atoms with Crippen molar-refractivity contribution in [1.82, 2.24) is 20.1 Å². The third kappa shape index (κ3) is 4.32. The van der Waals surface area contributed by atoms with Gasteiger partial charge in [0.15, 0.2) is 17.5 Å². The highest BCUT2D eigenvalue weighted by atomic mass is 35.5. The predicted molar refractivity (Wildman–Crippen MR) is 99.7 cm³/mol. The molecule has 0 aliphatic rings. The van der Waals surface area contributed by atoms with Crippen molar-refractivity contribution in [2.45, 2.75) is 12.5 Å². The van der Waals surface area contributed by atoms with Gasteiger partial charge in [-0.1, -0.05) is 17.7 Å². The Kier molecular flexibility index (Phi) is 5.83. The lowest BCUT2D eigenvalue weighted by Gasteiger charge is -2.16. The molecule has 0 fully saturated rings. The van der Waals surface area contributed by atoms with Crippen molar-refractivity contribution in [3.05, 3.63) is 57.0 Å². The number of amides is 1. The number of aryl methyl sites for hydroxylation is 1. The average molecular weight is 412 g/mol. The van der Waals surface area contributed by atoms with Crippen molar-refractivity contribution in [2.75, 3.05) is 6.54 Å². The molecule has 0 radical (unpaired) electrons. The molecule has 3 N–H and O–H groups in total. The molecule has 27 heavy (non-hydrogen) atoms. The number of nitrogens with one attached hydrogen (secondary N) is 1. The summed E-state index contributed by atoms with van der Waals surface area (Å²) >= 11 is 7.35. The maximum atomic E-state index is 13.4. The van der Waals surface area contributed by atoms with Gasteiger partial charge in [0.2, 0.25) is 0 Å². The van der Waals surface area contributed by atoms with Crippen molar-refractivity contribution in [3.63, 3.8) is 0 Å². The van der Waals surface area contributed by atoms with E-state index < -0.39 is 17.7 Å². The Hall–Kier alpha value is -2.36. The first kappa shape index (κ1) is 19.4. The Bertz CT molecular complexity index is 974. The number of nitrogens with two attached hydrogens (primary N) is 1. The zero-order valence-corrected chi connectivity index (χ0v) is 15.8. The van der Waals surface area contributed by atoms with E-state index in [0.717, 1.165) is 23.5 Å². The zero-order chi connectivity index (χ0) is 19.6. The van der Waals surface area contributed by atoms with Crippen LogP contribution in [-0.2, 0) is 13.5 Å². The second-order valence-corrected chi connectivity index (χ2v) is 7.52. The van der Waals surface area contributed by atoms with Gasteiger partial charge in [0.1, 0.15) is 10.7 Å². The van der Waals surface area contributed by atoms with E-state index in [-0.39, 0.29) is 18.9 Å². The van der Waals surface area contributed by atoms with Crippen LogP contribution < -0.4 is 11.1 Å².